The third kappa shape index (κ3) is 3.96. The molecule has 4 aromatic carbocycles. The molecule has 0 amide bonds. The molecule has 40 heavy (non-hydrogen) atoms. The zero-order valence-corrected chi connectivity index (χ0v) is 22.9. The summed E-state index contributed by atoms with van der Waals surface area (Å²) in [6.45, 7) is 11.3. The molecule has 3 heteroatoms. The minimum atomic E-state index is -0.00218. The second-order valence-corrected chi connectivity index (χ2v) is 10.8. The number of rotatable bonds is 3. The van der Waals surface area contributed by atoms with Crippen molar-refractivity contribution in [3.63, 3.8) is 0 Å². The van der Waals surface area contributed by atoms with Crippen molar-refractivity contribution in [2.45, 2.75) is 38.1 Å². The van der Waals surface area contributed by atoms with E-state index < -0.39 is 0 Å². The van der Waals surface area contributed by atoms with Crippen molar-refractivity contribution in [1.82, 2.24) is 0 Å². The number of aliphatic imine (C=N–C) groups is 2. The van der Waals surface area contributed by atoms with Gasteiger partial charge in [-0.1, -0.05) is 92.9 Å². The molecular weight excluding hydrogens is 488 g/mol. The molecule has 0 saturated carbocycles. The maximum Gasteiger partial charge on any atom is 0.144 e. The van der Waals surface area contributed by atoms with Crippen LogP contribution in [0.3, 0.4) is 0 Å². The molecule has 1 aromatic heterocycles. The molecule has 2 unspecified atom stereocenters. The van der Waals surface area contributed by atoms with Gasteiger partial charge in [0.25, 0.3) is 0 Å². The van der Waals surface area contributed by atoms with E-state index in [9.17, 15) is 0 Å². The molecular formula is C37H32N2O. The third-order valence-corrected chi connectivity index (χ3v) is 8.56. The Morgan fingerprint density at radius 2 is 1.75 bits per heavy atom. The predicted octanol–water partition coefficient (Wildman–Crippen LogP) is 9.10. The maximum atomic E-state index is 6.62. The van der Waals surface area contributed by atoms with E-state index in [0.29, 0.717) is 6.54 Å². The fraction of sp³-hybridized carbons (Fsp3) is 0.189. The van der Waals surface area contributed by atoms with Crippen LogP contribution in [0.15, 0.2) is 124 Å². The number of hydrogen-bond donors (Lipinski definition) is 0. The molecule has 0 spiro atoms. The Morgan fingerprint density at radius 1 is 0.925 bits per heavy atom. The van der Waals surface area contributed by atoms with Crippen LogP contribution in [0.1, 0.15) is 47.9 Å². The number of benzene rings is 4. The molecule has 2 aliphatic heterocycles. The minimum absolute atomic E-state index is 0.00218. The van der Waals surface area contributed by atoms with Gasteiger partial charge in [-0.25, -0.2) is 0 Å². The zero-order chi connectivity index (χ0) is 27.2. The smallest absolute Gasteiger partial charge is 0.144 e. The highest BCUT2D eigenvalue weighted by molar-refractivity contribution is 6.16. The van der Waals surface area contributed by atoms with Crippen LogP contribution in [-0.2, 0) is 6.42 Å². The highest BCUT2D eigenvalue weighted by Crippen LogP contribution is 2.40. The lowest BCUT2D eigenvalue weighted by Crippen LogP contribution is -2.29. The first-order valence-electron chi connectivity index (χ1n) is 14.2. The van der Waals surface area contributed by atoms with Gasteiger partial charge in [-0.05, 0) is 65.3 Å². The number of fused-ring (bicyclic) bond motifs is 8. The Labute approximate surface area is 235 Å². The van der Waals surface area contributed by atoms with Crippen molar-refractivity contribution in [2.24, 2.45) is 9.98 Å². The van der Waals surface area contributed by atoms with Gasteiger partial charge in [0.05, 0.1) is 18.3 Å². The monoisotopic (exact) mass is 520 g/mol. The van der Waals surface area contributed by atoms with Gasteiger partial charge < -0.3 is 4.42 Å². The van der Waals surface area contributed by atoms with Crippen LogP contribution >= 0.6 is 0 Å². The predicted molar refractivity (Wildman–Crippen MR) is 168 cm³/mol. The van der Waals surface area contributed by atoms with Crippen molar-refractivity contribution in [3.05, 3.63) is 132 Å². The summed E-state index contributed by atoms with van der Waals surface area (Å²) in [6, 6.07) is 30.2. The van der Waals surface area contributed by atoms with E-state index in [0.717, 1.165) is 63.8 Å². The van der Waals surface area contributed by atoms with Crippen LogP contribution in [-0.4, -0.2) is 24.0 Å². The summed E-state index contributed by atoms with van der Waals surface area (Å²) in [4.78, 5) is 10.3. The largest absolute Gasteiger partial charge is 0.455 e. The molecule has 2 atom stereocenters. The number of aryl methyl sites for hydroxylation is 1. The number of nitrogens with zero attached hydrogens (tertiary/aromatic N) is 2. The normalized spacial score (nSPS) is 20.2. The van der Waals surface area contributed by atoms with Gasteiger partial charge in [0.1, 0.15) is 11.2 Å². The molecule has 5 aromatic rings. The van der Waals surface area contributed by atoms with E-state index in [-0.39, 0.29) is 12.0 Å². The summed E-state index contributed by atoms with van der Waals surface area (Å²) < 4.78 is 6.62. The van der Waals surface area contributed by atoms with Crippen molar-refractivity contribution < 1.29 is 4.42 Å². The minimum Gasteiger partial charge on any atom is -0.455 e. The number of furan rings is 1. The Bertz CT molecular complexity index is 1850. The first kappa shape index (κ1) is 24.5. The van der Waals surface area contributed by atoms with Crippen molar-refractivity contribution in [1.29, 1.82) is 0 Å². The Morgan fingerprint density at radius 3 is 2.58 bits per heavy atom. The van der Waals surface area contributed by atoms with Gasteiger partial charge >= 0.3 is 0 Å². The van der Waals surface area contributed by atoms with Crippen LogP contribution in [0.2, 0.25) is 0 Å². The van der Waals surface area contributed by atoms with Crippen molar-refractivity contribution in [3.8, 4) is 11.1 Å². The molecule has 2 aliphatic rings. The summed E-state index contributed by atoms with van der Waals surface area (Å²) in [5, 5.41) is 2.29. The van der Waals surface area contributed by atoms with E-state index in [2.05, 4.69) is 105 Å². The molecule has 196 valence electrons. The second-order valence-electron chi connectivity index (χ2n) is 10.8. The molecule has 0 aliphatic carbocycles. The highest BCUT2D eigenvalue weighted by atomic mass is 16.3. The highest BCUT2D eigenvalue weighted by Gasteiger charge is 2.33. The average Bonchev–Trinajstić information content (AvgIpc) is 3.38. The van der Waals surface area contributed by atoms with E-state index in [1.807, 2.05) is 6.08 Å². The van der Waals surface area contributed by atoms with Crippen molar-refractivity contribution in [2.75, 3.05) is 6.54 Å². The first-order valence-corrected chi connectivity index (χ1v) is 14.2. The lowest BCUT2D eigenvalue weighted by atomic mass is 9.77. The zero-order valence-electron chi connectivity index (χ0n) is 22.9. The Kier molecular flexibility index (Phi) is 6.08. The van der Waals surface area contributed by atoms with E-state index >= 15 is 0 Å². The standard InChI is InChI=1S/C37H32N2O/c1-4-32-28-14-10-9-13-27(28)29-18-15-25-16-19-30-31-21-26(24-11-7-6-8-12-24)17-20-34(31)40-37(30)35(25)33(5-2)38-22-23(3)36(29)39-32/h4,6-14,16-17,19-21,29,36H,1,3,5,15,18,22H2,2H3/b38-33-. The van der Waals surface area contributed by atoms with E-state index in [4.69, 9.17) is 14.4 Å². The fourth-order valence-electron chi connectivity index (χ4n) is 6.57. The van der Waals surface area contributed by atoms with Gasteiger partial charge in [-0.3, -0.25) is 9.98 Å². The van der Waals surface area contributed by atoms with Crippen LogP contribution in [0.5, 0.6) is 0 Å². The van der Waals surface area contributed by atoms with Crippen LogP contribution in [0.4, 0.5) is 0 Å². The second kappa shape index (κ2) is 9.91. The maximum absolute atomic E-state index is 6.62. The summed E-state index contributed by atoms with van der Waals surface area (Å²) in [7, 11) is 0. The van der Waals surface area contributed by atoms with Gasteiger partial charge in [0, 0.05) is 33.5 Å². The SMILES string of the molecule is C=CC1=NC2C(=C)C/N=C(/CC)c3c(ccc4c3oc3ccc(-c5ccccc5)cc34)CCC2c2ccccc21. The molecule has 0 radical (unpaired) electrons. The van der Waals surface area contributed by atoms with Crippen LogP contribution < -0.4 is 0 Å². The van der Waals surface area contributed by atoms with E-state index in [1.54, 1.807) is 0 Å². The van der Waals surface area contributed by atoms with Gasteiger partial charge in [-0.2, -0.15) is 0 Å². The number of allylic oxidation sites excluding steroid dienone is 1. The molecule has 0 saturated heterocycles. The summed E-state index contributed by atoms with van der Waals surface area (Å²) in [5.41, 5.74) is 12.3. The third-order valence-electron chi connectivity index (χ3n) is 8.56. The molecule has 0 bridgehead atoms. The molecule has 7 rings (SSSR count). The van der Waals surface area contributed by atoms with E-state index in [1.165, 1.54) is 27.8 Å². The Hall–Kier alpha value is -4.50. The summed E-state index contributed by atoms with van der Waals surface area (Å²) in [5.74, 6) is 0.249. The molecule has 0 fully saturated rings. The van der Waals surface area contributed by atoms with Gasteiger partial charge in [0.15, 0.2) is 0 Å². The lowest BCUT2D eigenvalue weighted by molar-refractivity contribution is 0.536. The summed E-state index contributed by atoms with van der Waals surface area (Å²) >= 11 is 0. The molecule has 3 heterocycles. The Balaban J connectivity index is 1.38. The first-order chi connectivity index (χ1) is 19.7. The summed E-state index contributed by atoms with van der Waals surface area (Å²) in [6.07, 6.45) is 4.59. The van der Waals surface area contributed by atoms with Gasteiger partial charge in [-0.15, -0.1) is 0 Å². The lowest BCUT2D eigenvalue weighted by Gasteiger charge is -2.33. The fourth-order valence-corrected chi connectivity index (χ4v) is 6.57. The molecule has 0 N–H and O–H groups in total. The quantitative estimate of drug-likeness (QED) is 0.219. The van der Waals surface area contributed by atoms with Crippen LogP contribution in [0, 0.1) is 0 Å². The number of hydrogen-bond acceptors (Lipinski definition) is 3. The average molecular weight is 521 g/mol. The van der Waals surface area contributed by atoms with Crippen LogP contribution in [0.25, 0.3) is 33.1 Å². The van der Waals surface area contributed by atoms with Crippen molar-refractivity contribution >= 4 is 33.4 Å². The van der Waals surface area contributed by atoms with Gasteiger partial charge in [0.2, 0.25) is 0 Å². The topological polar surface area (TPSA) is 37.9 Å². The molecule has 3 nitrogen and oxygen atoms in total.